The lowest BCUT2D eigenvalue weighted by atomic mass is 10.1. The van der Waals surface area contributed by atoms with E-state index < -0.39 is 0 Å². The number of benzene rings is 2. The van der Waals surface area contributed by atoms with Gasteiger partial charge in [-0.2, -0.15) is 0 Å². The second kappa shape index (κ2) is 6.53. The Labute approximate surface area is 141 Å². The molecule has 2 aromatic carbocycles. The van der Waals surface area contributed by atoms with Crippen molar-refractivity contribution in [1.82, 2.24) is 14.9 Å². The molecule has 0 atom stereocenters. The van der Waals surface area contributed by atoms with Crippen molar-refractivity contribution in [2.75, 3.05) is 38.2 Å². The van der Waals surface area contributed by atoms with Crippen LogP contribution in [0.5, 0.6) is 5.75 Å². The van der Waals surface area contributed by atoms with Crippen LogP contribution in [0.15, 0.2) is 48.8 Å². The van der Waals surface area contributed by atoms with Gasteiger partial charge in [0.1, 0.15) is 5.75 Å². The summed E-state index contributed by atoms with van der Waals surface area (Å²) in [6.07, 6.45) is 1.75. The molecule has 2 heterocycles. The van der Waals surface area contributed by atoms with Crippen molar-refractivity contribution >= 4 is 16.7 Å². The minimum atomic E-state index is 0.909. The van der Waals surface area contributed by atoms with Gasteiger partial charge in [-0.25, -0.2) is 4.98 Å². The fraction of sp³-hybridized carbons (Fsp3) is 0.316. The number of H-pyrrole nitrogens is 1. The van der Waals surface area contributed by atoms with Gasteiger partial charge >= 0.3 is 0 Å². The van der Waals surface area contributed by atoms with Gasteiger partial charge in [-0.05, 0) is 42.0 Å². The van der Waals surface area contributed by atoms with Crippen molar-refractivity contribution in [1.29, 1.82) is 0 Å². The van der Waals surface area contributed by atoms with Gasteiger partial charge in [0, 0.05) is 38.4 Å². The summed E-state index contributed by atoms with van der Waals surface area (Å²) < 4.78 is 5.23. The largest absolute Gasteiger partial charge is 0.497 e. The molecule has 1 fully saturated rings. The standard InChI is InChI=1S/C19H22N4O/c1-24-17-5-3-16(4-6-17)23-10-8-22(9-11-23)13-15-2-7-18-19(12-15)21-14-20-18/h2-7,12,14H,8-11,13H2,1H3,(H,20,21). The van der Waals surface area contributed by atoms with Crippen LogP contribution >= 0.6 is 0 Å². The molecule has 5 heteroatoms. The monoisotopic (exact) mass is 322 g/mol. The molecule has 24 heavy (non-hydrogen) atoms. The van der Waals surface area contributed by atoms with E-state index in [9.17, 15) is 0 Å². The molecule has 124 valence electrons. The molecular weight excluding hydrogens is 300 g/mol. The lowest BCUT2D eigenvalue weighted by molar-refractivity contribution is 0.250. The second-order valence-corrected chi connectivity index (χ2v) is 6.22. The molecule has 0 bridgehead atoms. The second-order valence-electron chi connectivity index (χ2n) is 6.22. The van der Waals surface area contributed by atoms with E-state index in [2.05, 4.69) is 50.1 Å². The number of nitrogens with one attached hydrogen (secondary N) is 1. The van der Waals surface area contributed by atoms with E-state index in [1.807, 2.05) is 12.1 Å². The minimum Gasteiger partial charge on any atom is -0.497 e. The molecule has 0 spiro atoms. The number of rotatable bonds is 4. The van der Waals surface area contributed by atoms with Crippen LogP contribution in [0.3, 0.4) is 0 Å². The zero-order valence-electron chi connectivity index (χ0n) is 13.9. The number of fused-ring (bicyclic) bond motifs is 1. The van der Waals surface area contributed by atoms with Crippen LogP contribution in [0.1, 0.15) is 5.56 Å². The van der Waals surface area contributed by atoms with Crippen molar-refractivity contribution < 1.29 is 4.74 Å². The number of nitrogens with zero attached hydrogens (tertiary/aromatic N) is 3. The Morgan fingerprint density at radius 3 is 2.58 bits per heavy atom. The number of ether oxygens (including phenoxy) is 1. The zero-order valence-corrected chi connectivity index (χ0v) is 13.9. The highest BCUT2D eigenvalue weighted by molar-refractivity contribution is 5.75. The number of anilines is 1. The first-order valence-electron chi connectivity index (χ1n) is 8.35. The topological polar surface area (TPSA) is 44.4 Å². The summed E-state index contributed by atoms with van der Waals surface area (Å²) in [6, 6.07) is 14.8. The fourth-order valence-electron chi connectivity index (χ4n) is 3.30. The van der Waals surface area contributed by atoms with Gasteiger partial charge in [0.05, 0.1) is 24.5 Å². The Balaban J connectivity index is 1.36. The van der Waals surface area contributed by atoms with Crippen molar-refractivity contribution in [2.45, 2.75) is 6.54 Å². The summed E-state index contributed by atoms with van der Waals surface area (Å²) in [5.41, 5.74) is 4.76. The highest BCUT2D eigenvalue weighted by Crippen LogP contribution is 2.21. The van der Waals surface area contributed by atoms with Crippen LogP contribution in [0.4, 0.5) is 5.69 Å². The van der Waals surface area contributed by atoms with E-state index in [0.717, 1.165) is 49.5 Å². The third kappa shape index (κ3) is 3.08. The summed E-state index contributed by atoms with van der Waals surface area (Å²) in [7, 11) is 1.70. The van der Waals surface area contributed by atoms with E-state index >= 15 is 0 Å². The molecule has 4 rings (SSSR count). The maximum absolute atomic E-state index is 5.23. The van der Waals surface area contributed by atoms with Crippen LogP contribution in [-0.4, -0.2) is 48.2 Å². The number of hydrogen-bond donors (Lipinski definition) is 1. The molecule has 0 saturated carbocycles. The Morgan fingerprint density at radius 1 is 1.04 bits per heavy atom. The van der Waals surface area contributed by atoms with Gasteiger partial charge in [0.15, 0.2) is 0 Å². The lowest BCUT2D eigenvalue weighted by Gasteiger charge is -2.36. The molecule has 1 aliphatic heterocycles. The van der Waals surface area contributed by atoms with Crippen molar-refractivity contribution in [3.05, 3.63) is 54.4 Å². The summed E-state index contributed by atoms with van der Waals surface area (Å²) in [4.78, 5) is 12.4. The first-order valence-corrected chi connectivity index (χ1v) is 8.35. The summed E-state index contributed by atoms with van der Waals surface area (Å²) >= 11 is 0. The maximum Gasteiger partial charge on any atom is 0.119 e. The van der Waals surface area contributed by atoms with E-state index in [1.165, 1.54) is 11.3 Å². The molecule has 1 aromatic heterocycles. The van der Waals surface area contributed by atoms with E-state index in [0.29, 0.717) is 0 Å². The van der Waals surface area contributed by atoms with Gasteiger partial charge in [0.2, 0.25) is 0 Å². The summed E-state index contributed by atoms with van der Waals surface area (Å²) in [6.45, 7) is 5.25. The molecule has 1 saturated heterocycles. The van der Waals surface area contributed by atoms with Crippen molar-refractivity contribution in [3.63, 3.8) is 0 Å². The normalized spacial score (nSPS) is 15.8. The van der Waals surface area contributed by atoms with Gasteiger partial charge < -0.3 is 14.6 Å². The highest BCUT2D eigenvalue weighted by Gasteiger charge is 2.17. The Hall–Kier alpha value is -2.53. The Bertz CT molecular complexity index is 804. The Kier molecular flexibility index (Phi) is 4.09. The zero-order chi connectivity index (χ0) is 16.4. The third-order valence-electron chi connectivity index (χ3n) is 4.70. The fourth-order valence-corrected chi connectivity index (χ4v) is 3.30. The van der Waals surface area contributed by atoms with Crippen LogP contribution in [-0.2, 0) is 6.54 Å². The van der Waals surface area contributed by atoms with Gasteiger partial charge in [-0.1, -0.05) is 6.07 Å². The molecule has 3 aromatic rings. The predicted octanol–water partition coefficient (Wildman–Crippen LogP) is 2.89. The molecule has 0 unspecified atom stereocenters. The molecular formula is C19H22N4O. The molecule has 1 N–H and O–H groups in total. The number of methoxy groups -OCH3 is 1. The van der Waals surface area contributed by atoms with Gasteiger partial charge in [-0.3, -0.25) is 4.90 Å². The highest BCUT2D eigenvalue weighted by atomic mass is 16.5. The average Bonchev–Trinajstić information content (AvgIpc) is 3.10. The number of piperazine rings is 1. The predicted molar refractivity (Wildman–Crippen MR) is 96.6 cm³/mol. The van der Waals surface area contributed by atoms with Crippen LogP contribution < -0.4 is 9.64 Å². The number of hydrogen-bond acceptors (Lipinski definition) is 4. The SMILES string of the molecule is COc1ccc(N2CCN(Cc3ccc4nc[nH]c4c3)CC2)cc1. The van der Waals surface area contributed by atoms with Crippen molar-refractivity contribution in [3.8, 4) is 5.75 Å². The molecule has 0 aliphatic carbocycles. The smallest absolute Gasteiger partial charge is 0.119 e. The number of aromatic amines is 1. The molecule has 1 aliphatic rings. The summed E-state index contributed by atoms with van der Waals surface area (Å²) in [5, 5.41) is 0. The van der Waals surface area contributed by atoms with Gasteiger partial charge in [0.25, 0.3) is 0 Å². The first kappa shape index (κ1) is 15.0. The van der Waals surface area contributed by atoms with E-state index in [-0.39, 0.29) is 0 Å². The first-order chi connectivity index (χ1) is 11.8. The van der Waals surface area contributed by atoms with Crippen LogP contribution in [0.25, 0.3) is 11.0 Å². The molecule has 0 radical (unpaired) electrons. The average molecular weight is 322 g/mol. The third-order valence-corrected chi connectivity index (χ3v) is 4.70. The Morgan fingerprint density at radius 2 is 1.83 bits per heavy atom. The lowest BCUT2D eigenvalue weighted by Crippen LogP contribution is -2.45. The maximum atomic E-state index is 5.23. The van der Waals surface area contributed by atoms with E-state index in [1.54, 1.807) is 13.4 Å². The van der Waals surface area contributed by atoms with Crippen LogP contribution in [0.2, 0.25) is 0 Å². The minimum absolute atomic E-state index is 0.909. The number of aromatic nitrogens is 2. The van der Waals surface area contributed by atoms with E-state index in [4.69, 9.17) is 4.74 Å². The summed E-state index contributed by atoms with van der Waals surface area (Å²) in [5.74, 6) is 0.909. The van der Waals surface area contributed by atoms with Gasteiger partial charge in [-0.15, -0.1) is 0 Å². The molecule has 0 amide bonds. The molecule has 5 nitrogen and oxygen atoms in total. The van der Waals surface area contributed by atoms with Crippen molar-refractivity contribution in [2.24, 2.45) is 0 Å². The quantitative estimate of drug-likeness (QED) is 0.802. The number of imidazole rings is 1. The van der Waals surface area contributed by atoms with Crippen LogP contribution in [0, 0.1) is 0 Å².